The molecule has 0 saturated heterocycles. The molecule has 6 heteroatoms. The zero-order valence-electron chi connectivity index (χ0n) is 12.5. The number of hydrogen-bond donors (Lipinski definition) is 2. The molecule has 0 saturated carbocycles. The van der Waals surface area contributed by atoms with Crippen LogP contribution in [0.15, 0.2) is 11.6 Å². The van der Waals surface area contributed by atoms with Gasteiger partial charge in [-0.25, -0.2) is 4.79 Å². The number of hydrogen-bond acceptors (Lipinski definition) is 5. The van der Waals surface area contributed by atoms with Gasteiger partial charge in [-0.1, -0.05) is 0 Å². The molecular weight excluding hydrogens is 262 g/mol. The second kappa shape index (κ2) is 7.73. The predicted molar refractivity (Wildman–Crippen MR) is 74.3 cm³/mol. The van der Waals surface area contributed by atoms with Crippen molar-refractivity contribution in [3.05, 3.63) is 11.6 Å². The molecule has 0 fully saturated rings. The molecule has 1 aliphatic carbocycles. The Balaban J connectivity index is 2.81. The van der Waals surface area contributed by atoms with Crippen LogP contribution in [0.2, 0.25) is 0 Å². The van der Waals surface area contributed by atoms with E-state index in [4.69, 9.17) is 19.9 Å². The Labute approximate surface area is 119 Å². The van der Waals surface area contributed by atoms with Crippen LogP contribution in [0.25, 0.3) is 0 Å². The maximum absolute atomic E-state index is 11.2. The molecule has 116 valence electrons. The topological polar surface area (TPSA) is 91.0 Å². The van der Waals surface area contributed by atoms with E-state index in [-0.39, 0.29) is 18.1 Å². The van der Waals surface area contributed by atoms with Crippen LogP contribution in [-0.4, -0.2) is 48.3 Å². The van der Waals surface area contributed by atoms with Crippen molar-refractivity contribution < 1.29 is 24.1 Å². The normalized spacial score (nSPS) is 28.3. The Morgan fingerprint density at radius 2 is 2.10 bits per heavy atom. The third-order valence-electron chi connectivity index (χ3n) is 3.07. The number of rotatable bonds is 7. The smallest absolute Gasteiger partial charge is 0.331 e. The lowest BCUT2D eigenvalue weighted by Crippen LogP contribution is -2.51. The summed E-state index contributed by atoms with van der Waals surface area (Å²) in [5.74, 6) is -0.966. The van der Waals surface area contributed by atoms with E-state index >= 15 is 0 Å². The fourth-order valence-electron chi connectivity index (χ4n) is 2.20. The van der Waals surface area contributed by atoms with Crippen molar-refractivity contribution in [1.82, 2.24) is 0 Å². The van der Waals surface area contributed by atoms with Crippen LogP contribution >= 0.6 is 0 Å². The summed E-state index contributed by atoms with van der Waals surface area (Å²) in [5, 5.41) is 9.18. The summed E-state index contributed by atoms with van der Waals surface area (Å²) in [4.78, 5) is 11.2. The molecule has 0 bridgehead atoms. The largest absolute Gasteiger partial charge is 0.478 e. The van der Waals surface area contributed by atoms with E-state index < -0.39 is 30.5 Å². The lowest BCUT2D eigenvalue weighted by Gasteiger charge is -2.35. The molecule has 0 aromatic heterocycles. The molecule has 4 atom stereocenters. The van der Waals surface area contributed by atoms with E-state index in [0.717, 1.165) is 0 Å². The number of aliphatic carboxylic acids is 1. The van der Waals surface area contributed by atoms with Gasteiger partial charge in [-0.2, -0.15) is 0 Å². The van der Waals surface area contributed by atoms with Gasteiger partial charge in [-0.3, -0.25) is 0 Å². The Bertz CT molecular complexity index is 355. The Hall–Kier alpha value is -0.950. The maximum Gasteiger partial charge on any atom is 0.331 e. The second-order valence-electron chi connectivity index (χ2n) is 5.13. The SMILES string of the molecule is CCOC(C)OC1CC(C(=O)O)=CC(OC(C)C)[C@@H]1N. The lowest BCUT2D eigenvalue weighted by atomic mass is 9.90. The first-order valence-corrected chi connectivity index (χ1v) is 6.97. The Kier molecular flexibility index (Phi) is 6.61. The lowest BCUT2D eigenvalue weighted by molar-refractivity contribution is -0.172. The highest BCUT2D eigenvalue weighted by Gasteiger charge is 2.35. The third kappa shape index (κ3) is 4.86. The molecule has 20 heavy (non-hydrogen) atoms. The van der Waals surface area contributed by atoms with E-state index in [1.165, 1.54) is 0 Å². The number of carbonyl (C=O) groups is 1. The maximum atomic E-state index is 11.2. The third-order valence-corrected chi connectivity index (χ3v) is 3.07. The van der Waals surface area contributed by atoms with Crippen LogP contribution < -0.4 is 5.73 Å². The summed E-state index contributed by atoms with van der Waals surface area (Å²) in [6.45, 7) is 7.93. The molecule has 1 aliphatic rings. The highest BCUT2D eigenvalue weighted by atomic mass is 16.7. The minimum atomic E-state index is -0.966. The first-order valence-electron chi connectivity index (χ1n) is 6.97. The number of nitrogens with two attached hydrogens (primary N) is 1. The van der Waals surface area contributed by atoms with E-state index in [2.05, 4.69) is 0 Å². The van der Waals surface area contributed by atoms with Crippen LogP contribution in [0.1, 0.15) is 34.1 Å². The van der Waals surface area contributed by atoms with E-state index in [1.807, 2.05) is 20.8 Å². The summed E-state index contributed by atoms with van der Waals surface area (Å²) in [5.41, 5.74) is 6.40. The Morgan fingerprint density at radius 1 is 1.45 bits per heavy atom. The number of ether oxygens (including phenoxy) is 3. The summed E-state index contributed by atoms with van der Waals surface area (Å²) in [7, 11) is 0. The molecule has 0 amide bonds. The van der Waals surface area contributed by atoms with E-state index in [1.54, 1.807) is 13.0 Å². The average molecular weight is 287 g/mol. The van der Waals surface area contributed by atoms with Crippen LogP contribution in [-0.2, 0) is 19.0 Å². The molecule has 0 aromatic carbocycles. The minimum absolute atomic E-state index is 0.0413. The van der Waals surface area contributed by atoms with Crippen LogP contribution in [0.3, 0.4) is 0 Å². The van der Waals surface area contributed by atoms with Crippen LogP contribution in [0.4, 0.5) is 0 Å². The Morgan fingerprint density at radius 3 is 2.60 bits per heavy atom. The fraction of sp³-hybridized carbons (Fsp3) is 0.786. The molecule has 1 rings (SSSR count). The van der Waals surface area contributed by atoms with Gasteiger partial charge in [-0.15, -0.1) is 0 Å². The summed E-state index contributed by atoms with van der Waals surface area (Å²) >= 11 is 0. The van der Waals surface area contributed by atoms with Crippen molar-refractivity contribution in [1.29, 1.82) is 0 Å². The first-order chi connectivity index (χ1) is 9.35. The molecule has 3 N–H and O–H groups in total. The monoisotopic (exact) mass is 287 g/mol. The summed E-state index contributed by atoms with van der Waals surface area (Å²) < 4.78 is 16.7. The summed E-state index contributed by atoms with van der Waals surface area (Å²) in [6, 6.07) is -0.414. The second-order valence-corrected chi connectivity index (χ2v) is 5.13. The van der Waals surface area contributed by atoms with Gasteiger partial charge in [0.05, 0.1) is 24.4 Å². The van der Waals surface area contributed by atoms with Gasteiger partial charge in [0.15, 0.2) is 6.29 Å². The van der Waals surface area contributed by atoms with Gasteiger partial charge in [0.25, 0.3) is 0 Å². The fourth-order valence-corrected chi connectivity index (χ4v) is 2.20. The minimum Gasteiger partial charge on any atom is -0.478 e. The highest BCUT2D eigenvalue weighted by molar-refractivity contribution is 5.87. The summed E-state index contributed by atoms with van der Waals surface area (Å²) in [6.07, 6.45) is 0.471. The molecule has 0 radical (unpaired) electrons. The molecule has 3 unspecified atom stereocenters. The molecule has 0 aliphatic heterocycles. The predicted octanol–water partition coefficient (Wildman–Crippen LogP) is 1.29. The van der Waals surface area contributed by atoms with Crippen molar-refractivity contribution in [2.45, 2.75) is 64.8 Å². The van der Waals surface area contributed by atoms with Gasteiger partial charge in [0, 0.05) is 18.6 Å². The van der Waals surface area contributed by atoms with Crippen LogP contribution in [0, 0.1) is 0 Å². The van der Waals surface area contributed by atoms with Gasteiger partial charge >= 0.3 is 5.97 Å². The zero-order valence-corrected chi connectivity index (χ0v) is 12.5. The highest BCUT2D eigenvalue weighted by Crippen LogP contribution is 2.25. The van der Waals surface area contributed by atoms with Crippen molar-refractivity contribution in [3.63, 3.8) is 0 Å². The van der Waals surface area contributed by atoms with Gasteiger partial charge < -0.3 is 25.1 Å². The van der Waals surface area contributed by atoms with Crippen molar-refractivity contribution >= 4 is 5.97 Å². The molecule has 0 heterocycles. The van der Waals surface area contributed by atoms with Gasteiger partial charge in [0.1, 0.15) is 0 Å². The van der Waals surface area contributed by atoms with Crippen molar-refractivity contribution in [2.24, 2.45) is 5.73 Å². The molecular formula is C14H25NO5. The number of carboxylic acids is 1. The van der Waals surface area contributed by atoms with Gasteiger partial charge in [-0.05, 0) is 33.8 Å². The first kappa shape index (κ1) is 17.1. The van der Waals surface area contributed by atoms with Crippen molar-refractivity contribution in [2.75, 3.05) is 6.61 Å². The molecule has 6 nitrogen and oxygen atoms in total. The standard InChI is InChI=1S/C14H25NO5/c1-5-18-9(4)20-12-7-10(14(16)17)6-11(13(12)15)19-8(2)3/h6,8-9,11-13H,5,7,15H2,1-4H3,(H,16,17)/t9?,11?,12?,13-/m0/s1. The molecule has 0 spiro atoms. The van der Waals surface area contributed by atoms with E-state index in [0.29, 0.717) is 6.61 Å². The van der Waals surface area contributed by atoms with Crippen LogP contribution in [0.5, 0.6) is 0 Å². The van der Waals surface area contributed by atoms with Crippen molar-refractivity contribution in [3.8, 4) is 0 Å². The number of carboxylic acid groups (broad SMARTS) is 1. The average Bonchev–Trinajstić information content (AvgIpc) is 2.33. The van der Waals surface area contributed by atoms with Gasteiger partial charge in [0.2, 0.25) is 0 Å². The van der Waals surface area contributed by atoms with E-state index in [9.17, 15) is 9.90 Å². The zero-order chi connectivity index (χ0) is 15.3. The molecule has 0 aromatic rings. The quantitative estimate of drug-likeness (QED) is 0.686.